The molecule has 2 saturated heterocycles. The molecular formula is C34H48N2O4. The summed E-state index contributed by atoms with van der Waals surface area (Å²) in [4.78, 5) is 27.8. The van der Waals surface area contributed by atoms with Gasteiger partial charge >= 0.3 is 11.9 Å². The van der Waals surface area contributed by atoms with Crippen molar-refractivity contribution >= 4 is 11.9 Å². The van der Waals surface area contributed by atoms with Crippen molar-refractivity contribution in [3.05, 3.63) is 66.2 Å². The highest BCUT2D eigenvalue weighted by atomic mass is 16.5. The van der Waals surface area contributed by atoms with Gasteiger partial charge in [0.05, 0.1) is 0 Å². The zero-order valence-electron chi connectivity index (χ0n) is 25.5. The molecule has 2 fully saturated rings. The minimum absolute atomic E-state index is 0.0970. The van der Waals surface area contributed by atoms with Crippen LogP contribution in [0, 0.1) is 17.8 Å². The van der Waals surface area contributed by atoms with E-state index in [4.69, 9.17) is 4.74 Å². The summed E-state index contributed by atoms with van der Waals surface area (Å²) in [5, 5.41) is 18.6. The molecule has 0 aromatic heterocycles. The molecule has 218 valence electrons. The minimum atomic E-state index is -1.39. The first-order chi connectivity index (χ1) is 18.5. The number of ether oxygens (including phenoxy) is 1. The molecule has 2 heterocycles. The SMILES string of the molecule is CC1(C)CC(C(c2ccccc2)(C2CC(C)(C)NC(C)(C)C2)C(C(=O)O)C(=O)Oc2ccccc2)CC(C)(C)N1. The van der Waals surface area contributed by atoms with Crippen LogP contribution in [0.1, 0.15) is 86.6 Å². The zero-order valence-corrected chi connectivity index (χ0v) is 25.5. The Morgan fingerprint density at radius 1 is 0.725 bits per heavy atom. The van der Waals surface area contributed by atoms with E-state index >= 15 is 0 Å². The minimum Gasteiger partial charge on any atom is -0.481 e. The number of carboxylic acids is 1. The first-order valence-electron chi connectivity index (χ1n) is 14.6. The molecule has 2 aliphatic rings. The number of carbonyl (C=O) groups is 2. The van der Waals surface area contributed by atoms with Crippen molar-refractivity contribution in [2.24, 2.45) is 17.8 Å². The highest BCUT2D eigenvalue weighted by Gasteiger charge is 2.63. The molecule has 0 saturated carbocycles. The molecule has 0 amide bonds. The van der Waals surface area contributed by atoms with E-state index in [9.17, 15) is 14.7 Å². The predicted molar refractivity (Wildman–Crippen MR) is 159 cm³/mol. The molecule has 0 bridgehead atoms. The molecule has 4 rings (SSSR count). The number of para-hydroxylation sites is 1. The largest absolute Gasteiger partial charge is 0.481 e. The highest BCUT2D eigenvalue weighted by molar-refractivity contribution is 5.97. The van der Waals surface area contributed by atoms with Crippen molar-refractivity contribution in [1.29, 1.82) is 0 Å². The van der Waals surface area contributed by atoms with Gasteiger partial charge in [-0.25, -0.2) is 0 Å². The summed E-state index contributed by atoms with van der Waals surface area (Å²) in [6, 6.07) is 18.8. The summed E-state index contributed by atoms with van der Waals surface area (Å²) in [6.45, 7) is 17.5. The van der Waals surface area contributed by atoms with Gasteiger partial charge in [0, 0.05) is 27.6 Å². The first-order valence-corrected chi connectivity index (χ1v) is 14.6. The quantitative estimate of drug-likeness (QED) is 0.212. The Morgan fingerprint density at radius 2 is 1.10 bits per heavy atom. The summed E-state index contributed by atoms with van der Waals surface area (Å²) in [5.41, 5.74) is -1.11. The van der Waals surface area contributed by atoms with E-state index in [0.29, 0.717) is 5.75 Å². The number of hydrogen-bond acceptors (Lipinski definition) is 5. The van der Waals surface area contributed by atoms with Crippen LogP contribution in [-0.2, 0) is 15.0 Å². The number of benzene rings is 2. The lowest BCUT2D eigenvalue weighted by Gasteiger charge is -2.60. The number of piperidine rings is 2. The molecule has 0 aliphatic carbocycles. The van der Waals surface area contributed by atoms with E-state index in [1.807, 2.05) is 36.4 Å². The Balaban J connectivity index is 2.02. The van der Waals surface area contributed by atoms with E-state index in [0.717, 1.165) is 31.2 Å². The van der Waals surface area contributed by atoms with Gasteiger partial charge in [0.15, 0.2) is 5.92 Å². The molecule has 6 nitrogen and oxygen atoms in total. The first kappa shape index (κ1) is 30.3. The number of carboxylic acid groups (broad SMARTS) is 1. The van der Waals surface area contributed by atoms with Crippen molar-refractivity contribution in [1.82, 2.24) is 10.6 Å². The maximum Gasteiger partial charge on any atom is 0.326 e. The van der Waals surface area contributed by atoms with Crippen molar-refractivity contribution in [2.45, 2.75) is 109 Å². The lowest BCUT2D eigenvalue weighted by Crippen LogP contribution is -2.68. The van der Waals surface area contributed by atoms with Gasteiger partial charge in [-0.15, -0.1) is 0 Å². The van der Waals surface area contributed by atoms with Crippen LogP contribution in [0.3, 0.4) is 0 Å². The average molecular weight is 549 g/mol. The van der Waals surface area contributed by atoms with Gasteiger partial charge in [-0.3, -0.25) is 9.59 Å². The second kappa shape index (κ2) is 10.6. The fraction of sp³-hybridized carbons (Fsp3) is 0.588. The van der Waals surface area contributed by atoms with Gasteiger partial charge in [0.1, 0.15) is 5.75 Å². The van der Waals surface area contributed by atoms with Crippen LogP contribution in [0.25, 0.3) is 0 Å². The Hall–Kier alpha value is -2.70. The summed E-state index contributed by atoms with van der Waals surface area (Å²) in [6.07, 6.45) is 2.94. The molecule has 0 spiro atoms. The summed E-state index contributed by atoms with van der Waals surface area (Å²) < 4.78 is 5.90. The van der Waals surface area contributed by atoms with Crippen LogP contribution in [0.4, 0.5) is 0 Å². The number of esters is 1. The second-order valence-corrected chi connectivity index (χ2v) is 14.8. The predicted octanol–water partition coefficient (Wildman–Crippen LogP) is 6.34. The average Bonchev–Trinajstić information content (AvgIpc) is 2.79. The Bertz CT molecular complexity index is 1130. The van der Waals surface area contributed by atoms with E-state index in [1.54, 1.807) is 24.3 Å². The molecule has 40 heavy (non-hydrogen) atoms. The monoisotopic (exact) mass is 548 g/mol. The number of hydrogen-bond donors (Lipinski definition) is 3. The second-order valence-electron chi connectivity index (χ2n) is 14.8. The lowest BCUT2D eigenvalue weighted by molar-refractivity contribution is -0.163. The van der Waals surface area contributed by atoms with Crippen LogP contribution in [0.2, 0.25) is 0 Å². The van der Waals surface area contributed by atoms with E-state index in [1.165, 1.54) is 0 Å². The third-order valence-corrected chi connectivity index (χ3v) is 8.93. The molecule has 0 radical (unpaired) electrons. The molecule has 1 unspecified atom stereocenters. The van der Waals surface area contributed by atoms with Gasteiger partial charge in [-0.2, -0.15) is 0 Å². The highest BCUT2D eigenvalue weighted by Crippen LogP contribution is 2.57. The van der Waals surface area contributed by atoms with Crippen LogP contribution in [-0.4, -0.2) is 39.2 Å². The van der Waals surface area contributed by atoms with E-state index < -0.39 is 23.3 Å². The van der Waals surface area contributed by atoms with Crippen LogP contribution in [0.15, 0.2) is 60.7 Å². The summed E-state index contributed by atoms with van der Waals surface area (Å²) in [5.74, 6) is -3.06. The summed E-state index contributed by atoms with van der Waals surface area (Å²) >= 11 is 0. The Labute approximate surface area is 240 Å². The van der Waals surface area contributed by atoms with Crippen molar-refractivity contribution in [3.8, 4) is 5.75 Å². The molecular weight excluding hydrogens is 500 g/mol. The maximum atomic E-state index is 14.3. The number of rotatable bonds is 7. The maximum absolute atomic E-state index is 14.3. The lowest BCUT2D eigenvalue weighted by atomic mass is 9.48. The van der Waals surface area contributed by atoms with Crippen molar-refractivity contribution in [3.63, 3.8) is 0 Å². The zero-order chi connectivity index (χ0) is 29.6. The third-order valence-electron chi connectivity index (χ3n) is 8.93. The topological polar surface area (TPSA) is 87.7 Å². The van der Waals surface area contributed by atoms with Gasteiger partial charge in [0.2, 0.25) is 0 Å². The van der Waals surface area contributed by atoms with Crippen molar-refractivity contribution < 1.29 is 19.4 Å². The molecule has 3 N–H and O–H groups in total. The summed E-state index contributed by atoms with van der Waals surface area (Å²) in [7, 11) is 0. The fourth-order valence-corrected chi connectivity index (χ4v) is 8.65. The van der Waals surface area contributed by atoms with E-state index in [2.05, 4.69) is 66.0 Å². The van der Waals surface area contributed by atoms with Crippen LogP contribution in [0.5, 0.6) is 5.75 Å². The Kier molecular flexibility index (Phi) is 8.03. The van der Waals surface area contributed by atoms with E-state index in [-0.39, 0.29) is 34.0 Å². The van der Waals surface area contributed by atoms with Gasteiger partial charge in [0.25, 0.3) is 0 Å². The number of carbonyl (C=O) groups excluding carboxylic acids is 1. The fourth-order valence-electron chi connectivity index (χ4n) is 8.65. The standard InChI is InChI=1S/C34H48N2O4/c1-30(2)19-24(20-31(3,4)35-30)34(23-15-11-9-12-16-23,25-21-32(5,6)36-33(7,8)22-25)27(28(37)38)29(39)40-26-17-13-10-14-18-26/h9-18,24-25,27,35-36H,19-22H2,1-8H3,(H,37,38). The smallest absolute Gasteiger partial charge is 0.326 e. The Morgan fingerprint density at radius 3 is 1.48 bits per heavy atom. The van der Waals surface area contributed by atoms with Crippen LogP contribution < -0.4 is 15.4 Å². The third kappa shape index (κ3) is 6.28. The molecule has 2 aliphatic heterocycles. The van der Waals surface area contributed by atoms with Crippen LogP contribution >= 0.6 is 0 Å². The number of nitrogens with one attached hydrogen (secondary N) is 2. The molecule has 1 atom stereocenters. The van der Waals surface area contributed by atoms with Crippen molar-refractivity contribution in [2.75, 3.05) is 0 Å². The molecule has 2 aromatic rings. The number of aliphatic carboxylic acids is 1. The molecule has 2 aromatic carbocycles. The van der Waals surface area contributed by atoms with Gasteiger partial charge in [-0.05, 0) is 111 Å². The van der Waals surface area contributed by atoms with Gasteiger partial charge < -0.3 is 20.5 Å². The van der Waals surface area contributed by atoms with Gasteiger partial charge in [-0.1, -0.05) is 48.5 Å². The normalized spacial score (nSPS) is 23.2. The molecule has 6 heteroatoms.